The number of allylic oxidation sites excluding steroid dienone is 2. The number of carbonyl (C=O) groups is 3. The molecule has 4 heterocycles. The molecular formula is C35H35FN6O3. The summed E-state index contributed by atoms with van der Waals surface area (Å²) in [7, 11) is 1.70. The zero-order chi connectivity index (χ0) is 31.7. The van der Waals surface area contributed by atoms with E-state index in [-0.39, 0.29) is 25.3 Å². The van der Waals surface area contributed by atoms with Gasteiger partial charge in [-0.1, -0.05) is 30.3 Å². The summed E-state index contributed by atoms with van der Waals surface area (Å²) in [5.41, 5.74) is 5.70. The highest BCUT2D eigenvalue weighted by molar-refractivity contribution is 6.13. The topological polar surface area (TPSA) is 99.9 Å². The highest BCUT2D eigenvalue weighted by Crippen LogP contribution is 2.33. The molecule has 230 valence electrons. The van der Waals surface area contributed by atoms with Crippen molar-refractivity contribution in [3.05, 3.63) is 95.3 Å². The van der Waals surface area contributed by atoms with Crippen molar-refractivity contribution in [3.63, 3.8) is 0 Å². The van der Waals surface area contributed by atoms with Gasteiger partial charge in [0.15, 0.2) is 5.78 Å². The molecule has 2 aromatic heterocycles. The quantitative estimate of drug-likeness (QED) is 0.213. The van der Waals surface area contributed by atoms with Gasteiger partial charge in [0, 0.05) is 67.3 Å². The van der Waals surface area contributed by atoms with Crippen molar-refractivity contribution in [1.82, 2.24) is 14.5 Å². The summed E-state index contributed by atoms with van der Waals surface area (Å²) < 4.78 is 16.5. The number of likely N-dealkylation sites (tertiary alicyclic amines) is 1. The van der Waals surface area contributed by atoms with E-state index in [1.807, 2.05) is 67.6 Å². The Hall–Kier alpha value is -5.12. The van der Waals surface area contributed by atoms with Crippen molar-refractivity contribution in [2.45, 2.75) is 52.1 Å². The van der Waals surface area contributed by atoms with Gasteiger partial charge in [-0.2, -0.15) is 0 Å². The van der Waals surface area contributed by atoms with Gasteiger partial charge in [-0.05, 0) is 66.4 Å². The van der Waals surface area contributed by atoms with Gasteiger partial charge in [0.25, 0.3) is 0 Å². The van der Waals surface area contributed by atoms with E-state index in [0.717, 1.165) is 28.1 Å². The number of aromatic nitrogens is 2. The van der Waals surface area contributed by atoms with Gasteiger partial charge in [-0.15, -0.1) is 0 Å². The van der Waals surface area contributed by atoms with Gasteiger partial charge < -0.3 is 19.7 Å². The van der Waals surface area contributed by atoms with E-state index in [2.05, 4.69) is 20.2 Å². The molecule has 4 aromatic rings. The minimum atomic E-state index is -1.32. The lowest BCUT2D eigenvalue weighted by molar-refractivity contribution is -0.137. The molecule has 0 unspecified atom stereocenters. The molecule has 2 aliphatic rings. The lowest BCUT2D eigenvalue weighted by Crippen LogP contribution is -2.44. The number of Topliss-reactive ketones (excluding diaryl/α,β-unsaturated/α-hetero) is 1. The van der Waals surface area contributed by atoms with Gasteiger partial charge in [0.1, 0.15) is 24.6 Å². The number of ketones is 1. The van der Waals surface area contributed by atoms with Crippen LogP contribution in [0.15, 0.2) is 78.1 Å². The fourth-order valence-corrected chi connectivity index (χ4v) is 6.35. The molecule has 6 rings (SSSR count). The van der Waals surface area contributed by atoms with Crippen LogP contribution in [0.1, 0.15) is 47.3 Å². The molecule has 1 fully saturated rings. The third-order valence-corrected chi connectivity index (χ3v) is 8.57. The Kier molecular flexibility index (Phi) is 8.30. The van der Waals surface area contributed by atoms with Crippen molar-refractivity contribution < 1.29 is 18.8 Å². The molecule has 2 amide bonds. The summed E-state index contributed by atoms with van der Waals surface area (Å²) in [5, 5.41) is 3.71. The Morgan fingerprint density at radius 2 is 1.96 bits per heavy atom. The molecule has 2 aromatic carbocycles. The number of hydrogen-bond acceptors (Lipinski definition) is 6. The maximum atomic E-state index is 14.8. The second-order valence-corrected chi connectivity index (χ2v) is 11.5. The number of nitrogens with zero attached hydrogens (tertiary/aromatic N) is 5. The molecule has 9 nitrogen and oxygen atoms in total. The summed E-state index contributed by atoms with van der Waals surface area (Å²) in [5.74, 6) is -0.0966. The zero-order valence-corrected chi connectivity index (χ0v) is 25.5. The van der Waals surface area contributed by atoms with Crippen LogP contribution in [0, 0.1) is 0 Å². The maximum Gasteiger partial charge on any atom is 0.247 e. The van der Waals surface area contributed by atoms with Gasteiger partial charge in [0.05, 0.1) is 6.54 Å². The first kappa shape index (κ1) is 29.9. The minimum absolute atomic E-state index is 0.0771. The van der Waals surface area contributed by atoms with Crippen LogP contribution in [0.25, 0.3) is 16.5 Å². The first-order valence-electron chi connectivity index (χ1n) is 15.0. The number of nitrogens with one attached hydrogen (secondary N) is 1. The number of carbonyl (C=O) groups excluding carboxylic acids is 3. The molecule has 0 aliphatic carbocycles. The van der Waals surface area contributed by atoms with Crippen LogP contribution in [0.4, 0.5) is 15.9 Å². The zero-order valence-electron chi connectivity index (χ0n) is 25.5. The Balaban J connectivity index is 1.22. The largest absolute Gasteiger partial charge is 0.348 e. The Morgan fingerprint density at radius 3 is 2.69 bits per heavy atom. The lowest BCUT2D eigenvalue weighted by Gasteiger charge is -2.24. The molecule has 1 N–H and O–H groups in total. The number of alkyl halides is 1. The van der Waals surface area contributed by atoms with Crippen LogP contribution in [-0.4, -0.2) is 64.1 Å². The Bertz CT molecular complexity index is 1850. The van der Waals surface area contributed by atoms with Crippen molar-refractivity contribution in [2.24, 2.45) is 4.99 Å². The van der Waals surface area contributed by atoms with Crippen LogP contribution in [-0.2, 0) is 29.2 Å². The Labute approximate surface area is 261 Å². The smallest absolute Gasteiger partial charge is 0.247 e. The molecule has 1 saturated heterocycles. The van der Waals surface area contributed by atoms with E-state index in [0.29, 0.717) is 35.2 Å². The lowest BCUT2D eigenvalue weighted by atomic mass is 10.0. The summed E-state index contributed by atoms with van der Waals surface area (Å²) >= 11 is 0. The Morgan fingerprint density at radius 1 is 1.11 bits per heavy atom. The number of hydrogen-bond donors (Lipinski definition) is 1. The molecule has 10 heteroatoms. The fourth-order valence-electron chi connectivity index (χ4n) is 6.35. The molecule has 2 aliphatic heterocycles. The van der Waals surface area contributed by atoms with E-state index in [4.69, 9.17) is 0 Å². The summed E-state index contributed by atoms with van der Waals surface area (Å²) in [6, 6.07) is 16.2. The second-order valence-electron chi connectivity index (χ2n) is 11.5. The first-order chi connectivity index (χ1) is 21.8. The van der Waals surface area contributed by atoms with Gasteiger partial charge >= 0.3 is 0 Å². The number of rotatable bonds is 8. The maximum absolute atomic E-state index is 14.8. The third kappa shape index (κ3) is 5.87. The molecule has 0 spiro atoms. The van der Waals surface area contributed by atoms with E-state index in [1.165, 1.54) is 11.8 Å². The van der Waals surface area contributed by atoms with Gasteiger partial charge in [-0.25, -0.2) is 9.37 Å². The molecular weight excluding hydrogens is 571 g/mol. The average molecular weight is 607 g/mol. The van der Waals surface area contributed by atoms with Crippen molar-refractivity contribution in [3.8, 4) is 0 Å². The van der Waals surface area contributed by atoms with Crippen LogP contribution >= 0.6 is 0 Å². The predicted octanol–water partition coefficient (Wildman–Crippen LogP) is 5.44. The predicted molar refractivity (Wildman–Crippen MR) is 174 cm³/mol. The molecule has 0 radical (unpaired) electrons. The SMILES string of the molecule is C/C=C(\C=N/C)c1ccc2c(c1)c(C(C)=O)cn2CC(=O)N1C[C@H](F)C[C@H]1C(=O)Nc1cccc2c1CN(c1ccccn1)C2. The highest BCUT2D eigenvalue weighted by Gasteiger charge is 2.40. The number of fused-ring (bicyclic) bond motifs is 2. The molecule has 45 heavy (non-hydrogen) atoms. The third-order valence-electron chi connectivity index (χ3n) is 8.57. The van der Waals surface area contributed by atoms with Crippen molar-refractivity contribution in [1.29, 1.82) is 0 Å². The standard InChI is InChI=1S/C35H35FN6O3/c1-4-23(16-37-3)24-11-12-31-27(14-24)28(22(2)43)19-40(31)21-34(44)42-18-26(36)15-32(42)35(45)39-30-9-7-8-25-17-41(20-29(25)30)33-10-5-6-13-38-33/h4-14,16,19,26,32H,15,17-18,20-21H2,1-3H3,(H,39,45)/b23-4+,37-16-/t26-,32+/m1/s1. The number of halogens is 1. The number of anilines is 2. The summed E-state index contributed by atoms with van der Waals surface area (Å²) in [6.07, 6.45) is 5.71. The van der Waals surface area contributed by atoms with Crippen LogP contribution in [0.5, 0.6) is 0 Å². The van der Waals surface area contributed by atoms with Crippen LogP contribution in [0.3, 0.4) is 0 Å². The molecule has 0 saturated carbocycles. The fraction of sp³-hybridized carbons (Fsp3) is 0.286. The van der Waals surface area contributed by atoms with Crippen LogP contribution in [0.2, 0.25) is 0 Å². The van der Waals surface area contributed by atoms with Crippen LogP contribution < -0.4 is 10.2 Å². The average Bonchev–Trinajstić information content (AvgIpc) is 3.76. The molecule has 0 bridgehead atoms. The number of pyridine rings is 1. The number of amides is 2. The first-order valence-corrected chi connectivity index (χ1v) is 15.0. The van der Waals surface area contributed by atoms with E-state index < -0.39 is 24.0 Å². The van der Waals surface area contributed by atoms with Crippen molar-refractivity contribution >= 4 is 51.8 Å². The monoisotopic (exact) mass is 606 g/mol. The normalized spacial score (nSPS) is 18.2. The summed E-state index contributed by atoms with van der Waals surface area (Å²) in [6.45, 7) is 4.34. The molecule has 2 atom stereocenters. The highest BCUT2D eigenvalue weighted by atomic mass is 19.1. The summed E-state index contributed by atoms with van der Waals surface area (Å²) in [4.78, 5) is 51.9. The number of benzene rings is 2. The minimum Gasteiger partial charge on any atom is -0.348 e. The number of aliphatic imine (C=N–C) groups is 1. The van der Waals surface area contributed by atoms with E-state index in [9.17, 15) is 18.8 Å². The van der Waals surface area contributed by atoms with Gasteiger partial charge in [-0.3, -0.25) is 19.4 Å². The van der Waals surface area contributed by atoms with E-state index in [1.54, 1.807) is 30.2 Å². The van der Waals surface area contributed by atoms with Gasteiger partial charge in [0.2, 0.25) is 11.8 Å². The van der Waals surface area contributed by atoms with Crippen molar-refractivity contribution in [2.75, 3.05) is 23.8 Å². The van der Waals surface area contributed by atoms with E-state index >= 15 is 0 Å². The second kappa shape index (κ2) is 12.5.